The minimum atomic E-state index is -0.0175. The van der Waals surface area contributed by atoms with Crippen LogP contribution in [0, 0.1) is 5.92 Å². The molecule has 0 spiro atoms. The standard InChI is InChI=1S/C22H28N2O/c1-15(2)17-9-11-19(12-10-17)20-13-23-14-21(20)22(25)24-16(3)18-7-5-4-6-8-18/h4-12,15-16,20-21,23H,13-14H2,1-3H3,(H,24,25)/t16-,20-,21+/m0/s1. The number of rotatable bonds is 5. The maximum absolute atomic E-state index is 12.8. The molecule has 0 aromatic heterocycles. The van der Waals surface area contributed by atoms with Gasteiger partial charge in [0.1, 0.15) is 0 Å². The van der Waals surface area contributed by atoms with Gasteiger partial charge in [-0.2, -0.15) is 0 Å². The minimum absolute atomic E-state index is 0.0175. The Kier molecular flexibility index (Phi) is 5.54. The third-order valence-electron chi connectivity index (χ3n) is 5.24. The van der Waals surface area contributed by atoms with Gasteiger partial charge in [-0.1, -0.05) is 68.4 Å². The van der Waals surface area contributed by atoms with Gasteiger partial charge < -0.3 is 10.6 Å². The summed E-state index contributed by atoms with van der Waals surface area (Å²) in [5.41, 5.74) is 3.73. The summed E-state index contributed by atoms with van der Waals surface area (Å²) in [5, 5.41) is 6.58. The molecule has 3 nitrogen and oxygen atoms in total. The van der Waals surface area contributed by atoms with E-state index in [0.717, 1.165) is 18.7 Å². The normalized spacial score (nSPS) is 21.3. The molecule has 132 valence electrons. The molecule has 2 aromatic rings. The first-order valence-corrected chi connectivity index (χ1v) is 9.22. The summed E-state index contributed by atoms with van der Waals surface area (Å²) in [5.74, 6) is 0.890. The average molecular weight is 336 g/mol. The average Bonchev–Trinajstić information content (AvgIpc) is 3.12. The van der Waals surface area contributed by atoms with Gasteiger partial charge in [0.2, 0.25) is 5.91 Å². The van der Waals surface area contributed by atoms with E-state index in [9.17, 15) is 4.79 Å². The molecule has 2 N–H and O–H groups in total. The molecule has 3 atom stereocenters. The molecule has 3 rings (SSSR count). The highest BCUT2D eigenvalue weighted by atomic mass is 16.2. The lowest BCUT2D eigenvalue weighted by atomic mass is 9.87. The maximum atomic E-state index is 12.8. The Morgan fingerprint density at radius 2 is 1.64 bits per heavy atom. The largest absolute Gasteiger partial charge is 0.349 e. The molecule has 1 fully saturated rings. The Bertz CT molecular complexity index is 694. The van der Waals surface area contributed by atoms with Crippen molar-refractivity contribution in [1.29, 1.82) is 0 Å². The van der Waals surface area contributed by atoms with E-state index in [2.05, 4.69) is 60.9 Å². The number of hydrogen-bond donors (Lipinski definition) is 2. The third-order valence-corrected chi connectivity index (χ3v) is 5.24. The van der Waals surface area contributed by atoms with E-state index in [1.54, 1.807) is 0 Å². The molecule has 2 aromatic carbocycles. The molecule has 1 saturated heterocycles. The number of carbonyl (C=O) groups is 1. The van der Waals surface area contributed by atoms with Crippen molar-refractivity contribution in [3.8, 4) is 0 Å². The van der Waals surface area contributed by atoms with Gasteiger partial charge in [0.25, 0.3) is 0 Å². The molecule has 0 aliphatic carbocycles. The van der Waals surface area contributed by atoms with Gasteiger partial charge in [0.15, 0.2) is 0 Å². The fourth-order valence-electron chi connectivity index (χ4n) is 3.58. The summed E-state index contributed by atoms with van der Waals surface area (Å²) in [6.45, 7) is 8.05. The van der Waals surface area contributed by atoms with Crippen LogP contribution in [-0.4, -0.2) is 19.0 Å². The van der Waals surface area contributed by atoms with Gasteiger partial charge in [-0.05, 0) is 29.5 Å². The quantitative estimate of drug-likeness (QED) is 0.867. The first kappa shape index (κ1) is 17.7. The molecular weight excluding hydrogens is 308 g/mol. The van der Waals surface area contributed by atoms with Crippen LogP contribution < -0.4 is 10.6 Å². The fraction of sp³-hybridized carbons (Fsp3) is 0.409. The summed E-state index contributed by atoms with van der Waals surface area (Å²) in [4.78, 5) is 12.8. The Morgan fingerprint density at radius 1 is 0.960 bits per heavy atom. The van der Waals surface area contributed by atoms with Crippen molar-refractivity contribution in [2.45, 2.75) is 38.6 Å². The summed E-state index contributed by atoms with van der Waals surface area (Å²) < 4.78 is 0. The van der Waals surface area contributed by atoms with E-state index in [4.69, 9.17) is 0 Å². The maximum Gasteiger partial charge on any atom is 0.225 e. The van der Waals surface area contributed by atoms with Gasteiger partial charge in [0, 0.05) is 19.0 Å². The van der Waals surface area contributed by atoms with Crippen molar-refractivity contribution in [2.75, 3.05) is 13.1 Å². The predicted octanol–water partition coefficient (Wildman–Crippen LogP) is 3.99. The zero-order valence-corrected chi connectivity index (χ0v) is 15.3. The van der Waals surface area contributed by atoms with Gasteiger partial charge in [0.05, 0.1) is 12.0 Å². The molecule has 1 heterocycles. The van der Waals surface area contributed by atoms with Gasteiger partial charge >= 0.3 is 0 Å². The number of carbonyl (C=O) groups excluding carboxylic acids is 1. The van der Waals surface area contributed by atoms with E-state index in [-0.39, 0.29) is 23.8 Å². The molecule has 3 heteroatoms. The SMILES string of the molecule is CC(C)c1ccc([C@@H]2CNC[C@H]2C(=O)N[C@@H](C)c2ccccc2)cc1. The van der Waals surface area contributed by atoms with Crippen LogP contribution in [0.15, 0.2) is 54.6 Å². The van der Waals surface area contributed by atoms with Crippen LogP contribution in [0.4, 0.5) is 0 Å². The Labute approximate surface area is 150 Å². The number of benzene rings is 2. The summed E-state index contributed by atoms with van der Waals surface area (Å²) in [6, 6.07) is 18.9. The molecule has 0 radical (unpaired) electrons. The molecule has 1 aliphatic rings. The number of nitrogens with one attached hydrogen (secondary N) is 2. The summed E-state index contributed by atoms with van der Waals surface area (Å²) in [7, 11) is 0. The minimum Gasteiger partial charge on any atom is -0.349 e. The molecule has 0 bridgehead atoms. The van der Waals surface area contributed by atoms with Crippen molar-refractivity contribution < 1.29 is 4.79 Å². The Morgan fingerprint density at radius 3 is 2.28 bits per heavy atom. The van der Waals surface area contributed by atoms with E-state index in [0.29, 0.717) is 5.92 Å². The van der Waals surface area contributed by atoms with Crippen molar-refractivity contribution in [2.24, 2.45) is 5.92 Å². The first-order valence-electron chi connectivity index (χ1n) is 9.22. The highest BCUT2D eigenvalue weighted by Crippen LogP contribution is 2.30. The second-order valence-electron chi connectivity index (χ2n) is 7.33. The van der Waals surface area contributed by atoms with E-state index in [1.165, 1.54) is 11.1 Å². The second-order valence-corrected chi connectivity index (χ2v) is 7.33. The molecule has 1 amide bonds. The lowest BCUT2D eigenvalue weighted by molar-refractivity contribution is -0.125. The van der Waals surface area contributed by atoms with Crippen molar-refractivity contribution in [3.05, 3.63) is 71.3 Å². The fourth-order valence-corrected chi connectivity index (χ4v) is 3.58. The number of hydrogen-bond acceptors (Lipinski definition) is 2. The van der Waals surface area contributed by atoms with Crippen LogP contribution in [0.2, 0.25) is 0 Å². The van der Waals surface area contributed by atoms with Crippen LogP contribution in [-0.2, 0) is 4.79 Å². The third kappa shape index (κ3) is 4.10. The summed E-state index contributed by atoms with van der Waals surface area (Å²) >= 11 is 0. The zero-order valence-electron chi connectivity index (χ0n) is 15.3. The summed E-state index contributed by atoms with van der Waals surface area (Å²) in [6.07, 6.45) is 0. The van der Waals surface area contributed by atoms with Gasteiger partial charge in [-0.25, -0.2) is 0 Å². The Hall–Kier alpha value is -2.13. The predicted molar refractivity (Wildman–Crippen MR) is 103 cm³/mol. The van der Waals surface area contributed by atoms with Crippen LogP contribution in [0.5, 0.6) is 0 Å². The van der Waals surface area contributed by atoms with E-state index < -0.39 is 0 Å². The van der Waals surface area contributed by atoms with E-state index in [1.807, 2.05) is 25.1 Å². The smallest absolute Gasteiger partial charge is 0.225 e. The van der Waals surface area contributed by atoms with Crippen LogP contribution in [0.3, 0.4) is 0 Å². The lowest BCUT2D eigenvalue weighted by Gasteiger charge is -2.22. The second kappa shape index (κ2) is 7.83. The monoisotopic (exact) mass is 336 g/mol. The van der Waals surface area contributed by atoms with Crippen LogP contribution >= 0.6 is 0 Å². The van der Waals surface area contributed by atoms with Crippen molar-refractivity contribution in [1.82, 2.24) is 10.6 Å². The zero-order chi connectivity index (χ0) is 17.8. The molecule has 0 saturated carbocycles. The molecule has 25 heavy (non-hydrogen) atoms. The molecular formula is C22H28N2O. The van der Waals surface area contributed by atoms with Crippen molar-refractivity contribution in [3.63, 3.8) is 0 Å². The highest BCUT2D eigenvalue weighted by Gasteiger charge is 2.34. The number of amides is 1. The van der Waals surface area contributed by atoms with E-state index >= 15 is 0 Å². The lowest BCUT2D eigenvalue weighted by Crippen LogP contribution is -2.36. The molecule has 1 aliphatic heterocycles. The Balaban J connectivity index is 1.69. The van der Waals surface area contributed by atoms with Crippen molar-refractivity contribution >= 4 is 5.91 Å². The first-order chi connectivity index (χ1) is 12.1. The van der Waals surface area contributed by atoms with Gasteiger partial charge in [-0.15, -0.1) is 0 Å². The van der Waals surface area contributed by atoms with Crippen LogP contribution in [0.25, 0.3) is 0 Å². The molecule has 0 unspecified atom stereocenters. The van der Waals surface area contributed by atoms with Crippen LogP contribution in [0.1, 0.15) is 55.3 Å². The van der Waals surface area contributed by atoms with Gasteiger partial charge in [-0.3, -0.25) is 4.79 Å². The topological polar surface area (TPSA) is 41.1 Å². The highest BCUT2D eigenvalue weighted by molar-refractivity contribution is 5.81.